The highest BCUT2D eigenvalue weighted by atomic mass is 14.9. The lowest BCUT2D eigenvalue weighted by molar-refractivity contribution is 1.11. The van der Waals surface area contributed by atoms with Crippen molar-refractivity contribution in [2.24, 2.45) is 0 Å². The summed E-state index contributed by atoms with van der Waals surface area (Å²) in [6.45, 7) is 4.67. The van der Waals surface area contributed by atoms with Gasteiger partial charge in [0.1, 0.15) is 6.07 Å². The number of anilines is 2. The number of nitrogens with one attached hydrogen (secondary N) is 1. The maximum absolute atomic E-state index is 9.13. The molecule has 0 saturated carbocycles. The summed E-state index contributed by atoms with van der Waals surface area (Å²) in [5.41, 5.74) is 11.6. The van der Waals surface area contributed by atoms with Gasteiger partial charge in [-0.15, -0.1) is 0 Å². The fraction of sp³-hybridized carbons (Fsp3) is 0.188. The number of nitriles is 1. The van der Waals surface area contributed by atoms with Crippen molar-refractivity contribution in [2.45, 2.75) is 20.4 Å². The summed E-state index contributed by atoms with van der Waals surface area (Å²) in [5, 5.41) is 12.5. The number of nitrogens with zero attached hydrogens (tertiary/aromatic N) is 1. The van der Waals surface area contributed by atoms with E-state index in [-0.39, 0.29) is 0 Å². The van der Waals surface area contributed by atoms with Crippen LogP contribution in [0.4, 0.5) is 11.4 Å². The molecule has 0 spiro atoms. The molecule has 0 saturated heterocycles. The normalized spacial score (nSPS) is 9.95. The van der Waals surface area contributed by atoms with Crippen LogP contribution in [0.1, 0.15) is 22.3 Å². The number of para-hydroxylation sites is 1. The second-order valence-corrected chi connectivity index (χ2v) is 4.59. The molecule has 0 aliphatic carbocycles. The van der Waals surface area contributed by atoms with E-state index >= 15 is 0 Å². The largest absolute Gasteiger partial charge is 0.399 e. The minimum absolute atomic E-state index is 0.663. The van der Waals surface area contributed by atoms with Gasteiger partial charge in [-0.2, -0.15) is 5.26 Å². The Morgan fingerprint density at radius 3 is 2.63 bits per heavy atom. The van der Waals surface area contributed by atoms with E-state index in [4.69, 9.17) is 11.0 Å². The number of nitrogen functional groups attached to an aromatic ring is 1. The van der Waals surface area contributed by atoms with Gasteiger partial charge in [0.15, 0.2) is 0 Å². The molecule has 0 aliphatic rings. The van der Waals surface area contributed by atoms with Crippen LogP contribution in [-0.4, -0.2) is 0 Å². The van der Waals surface area contributed by atoms with Crippen molar-refractivity contribution in [3.63, 3.8) is 0 Å². The number of aryl methyl sites for hydroxylation is 1. The zero-order valence-electron chi connectivity index (χ0n) is 11.2. The van der Waals surface area contributed by atoms with Crippen molar-refractivity contribution in [3.8, 4) is 6.07 Å². The molecule has 0 heterocycles. The van der Waals surface area contributed by atoms with Gasteiger partial charge in [0.05, 0.1) is 11.3 Å². The van der Waals surface area contributed by atoms with Crippen molar-refractivity contribution in [3.05, 3.63) is 58.7 Å². The van der Waals surface area contributed by atoms with Crippen molar-refractivity contribution in [1.29, 1.82) is 5.26 Å². The maximum Gasteiger partial charge on any atom is 0.101 e. The maximum atomic E-state index is 9.13. The van der Waals surface area contributed by atoms with Crippen LogP contribution in [0.3, 0.4) is 0 Å². The first kappa shape index (κ1) is 13.0. The Morgan fingerprint density at radius 1 is 1.16 bits per heavy atom. The molecule has 3 heteroatoms. The summed E-state index contributed by atoms with van der Waals surface area (Å²) in [4.78, 5) is 0. The smallest absolute Gasteiger partial charge is 0.101 e. The predicted molar refractivity (Wildman–Crippen MR) is 78.8 cm³/mol. The van der Waals surface area contributed by atoms with E-state index in [1.54, 1.807) is 0 Å². The first-order chi connectivity index (χ1) is 9.13. The van der Waals surface area contributed by atoms with Crippen LogP contribution in [0.25, 0.3) is 0 Å². The van der Waals surface area contributed by atoms with Gasteiger partial charge < -0.3 is 11.1 Å². The highest BCUT2D eigenvalue weighted by Gasteiger charge is 2.06. The molecular formula is C16H17N3. The van der Waals surface area contributed by atoms with E-state index in [0.29, 0.717) is 12.1 Å². The molecule has 0 fully saturated rings. The Bertz CT molecular complexity index is 639. The van der Waals surface area contributed by atoms with Gasteiger partial charge in [-0.25, -0.2) is 0 Å². The standard InChI is InChI=1S/C16H17N3/c1-11-5-3-6-13(9-17)16(11)19-10-14-7-4-8-15(18)12(14)2/h3-8,19H,10,18H2,1-2H3. The molecule has 3 nitrogen and oxygen atoms in total. The van der Waals surface area contributed by atoms with Crippen molar-refractivity contribution in [1.82, 2.24) is 0 Å². The minimum atomic E-state index is 0.663. The van der Waals surface area contributed by atoms with Crippen molar-refractivity contribution >= 4 is 11.4 Å². The van der Waals surface area contributed by atoms with Crippen LogP contribution in [-0.2, 0) is 6.54 Å². The lowest BCUT2D eigenvalue weighted by atomic mass is 10.1. The Hall–Kier alpha value is -2.47. The molecule has 2 aromatic rings. The van der Waals surface area contributed by atoms with Crippen LogP contribution < -0.4 is 11.1 Å². The number of nitrogens with two attached hydrogens (primary N) is 1. The van der Waals surface area contributed by atoms with Gasteiger partial charge in [0, 0.05) is 12.2 Å². The van der Waals surface area contributed by atoms with Gasteiger partial charge in [-0.05, 0) is 42.7 Å². The topological polar surface area (TPSA) is 61.8 Å². The third-order valence-electron chi connectivity index (χ3n) is 3.34. The molecular weight excluding hydrogens is 234 g/mol. The van der Waals surface area contributed by atoms with Crippen LogP contribution >= 0.6 is 0 Å². The quantitative estimate of drug-likeness (QED) is 0.822. The number of rotatable bonds is 3. The summed E-state index contributed by atoms with van der Waals surface area (Å²) in [5.74, 6) is 0. The highest BCUT2D eigenvalue weighted by molar-refractivity contribution is 5.62. The van der Waals surface area contributed by atoms with Crippen LogP contribution in [0.15, 0.2) is 36.4 Å². The number of hydrogen-bond donors (Lipinski definition) is 2. The summed E-state index contributed by atoms with van der Waals surface area (Å²) in [7, 11) is 0. The van der Waals surface area contributed by atoms with E-state index in [0.717, 1.165) is 28.1 Å². The second kappa shape index (κ2) is 5.45. The molecule has 0 atom stereocenters. The third-order valence-corrected chi connectivity index (χ3v) is 3.34. The predicted octanol–water partition coefficient (Wildman–Crippen LogP) is 3.37. The van der Waals surface area contributed by atoms with E-state index in [1.807, 2.05) is 50.2 Å². The number of benzene rings is 2. The van der Waals surface area contributed by atoms with E-state index in [1.165, 1.54) is 0 Å². The molecule has 2 rings (SSSR count). The molecule has 19 heavy (non-hydrogen) atoms. The second-order valence-electron chi connectivity index (χ2n) is 4.59. The van der Waals surface area contributed by atoms with Crippen LogP contribution in [0.5, 0.6) is 0 Å². The summed E-state index contributed by atoms with van der Waals surface area (Å²) < 4.78 is 0. The van der Waals surface area contributed by atoms with Gasteiger partial charge >= 0.3 is 0 Å². The third kappa shape index (κ3) is 2.69. The minimum Gasteiger partial charge on any atom is -0.399 e. The highest BCUT2D eigenvalue weighted by Crippen LogP contribution is 2.22. The lowest BCUT2D eigenvalue weighted by Crippen LogP contribution is -2.05. The molecule has 0 amide bonds. The Labute approximate surface area is 113 Å². The van der Waals surface area contributed by atoms with Crippen molar-refractivity contribution < 1.29 is 0 Å². The van der Waals surface area contributed by atoms with Gasteiger partial charge in [-0.1, -0.05) is 24.3 Å². The molecule has 3 N–H and O–H groups in total. The Kier molecular flexibility index (Phi) is 3.72. The zero-order chi connectivity index (χ0) is 13.8. The van der Waals surface area contributed by atoms with Gasteiger partial charge in [0.25, 0.3) is 0 Å². The van der Waals surface area contributed by atoms with Gasteiger partial charge in [0.2, 0.25) is 0 Å². The molecule has 0 aromatic heterocycles. The molecule has 0 bridgehead atoms. The molecule has 2 aromatic carbocycles. The van der Waals surface area contributed by atoms with Crippen molar-refractivity contribution in [2.75, 3.05) is 11.1 Å². The SMILES string of the molecule is Cc1cccc(C#N)c1NCc1cccc(N)c1C. The van der Waals surface area contributed by atoms with E-state index < -0.39 is 0 Å². The van der Waals surface area contributed by atoms with E-state index in [2.05, 4.69) is 11.4 Å². The van der Waals surface area contributed by atoms with Gasteiger partial charge in [-0.3, -0.25) is 0 Å². The first-order valence-electron chi connectivity index (χ1n) is 6.21. The average Bonchev–Trinajstić information content (AvgIpc) is 2.41. The fourth-order valence-electron chi connectivity index (χ4n) is 2.07. The molecule has 0 radical (unpaired) electrons. The summed E-state index contributed by atoms with van der Waals surface area (Å²) >= 11 is 0. The van der Waals surface area contributed by atoms with E-state index in [9.17, 15) is 0 Å². The molecule has 0 aliphatic heterocycles. The zero-order valence-corrected chi connectivity index (χ0v) is 11.2. The Morgan fingerprint density at radius 2 is 1.89 bits per heavy atom. The van der Waals surface area contributed by atoms with Crippen LogP contribution in [0.2, 0.25) is 0 Å². The molecule has 96 valence electrons. The average molecular weight is 251 g/mol. The molecule has 0 unspecified atom stereocenters. The van der Waals surface area contributed by atoms with Crippen LogP contribution in [0, 0.1) is 25.2 Å². The summed E-state index contributed by atoms with van der Waals surface area (Å²) in [6.07, 6.45) is 0. The Balaban J connectivity index is 2.24. The fourth-order valence-corrected chi connectivity index (χ4v) is 2.07. The monoisotopic (exact) mass is 251 g/mol. The first-order valence-corrected chi connectivity index (χ1v) is 6.21. The number of hydrogen-bond acceptors (Lipinski definition) is 3. The lowest BCUT2D eigenvalue weighted by Gasteiger charge is -2.13. The summed E-state index contributed by atoms with van der Waals surface area (Å²) in [6, 6.07) is 13.8.